The minimum Gasteiger partial charge on any atom is -0.469 e. The molecule has 2 aliphatic rings. The van der Waals surface area contributed by atoms with Gasteiger partial charge in [0.15, 0.2) is 0 Å². The molecular weight excluding hydrogens is 326 g/mol. The topological polar surface area (TPSA) is 46.6 Å². The van der Waals surface area contributed by atoms with Gasteiger partial charge in [0.25, 0.3) is 0 Å². The van der Waals surface area contributed by atoms with Crippen molar-refractivity contribution in [3.05, 3.63) is 71.8 Å². The molecule has 4 rings (SSSR count). The second-order valence-corrected chi connectivity index (χ2v) is 7.41. The number of likely N-dealkylation sites (tertiary alicyclic amines) is 1. The molecule has 0 bridgehead atoms. The van der Waals surface area contributed by atoms with Crippen molar-refractivity contribution in [3.63, 3.8) is 0 Å². The van der Waals surface area contributed by atoms with E-state index in [0.717, 1.165) is 24.0 Å². The van der Waals surface area contributed by atoms with Gasteiger partial charge in [-0.1, -0.05) is 60.7 Å². The van der Waals surface area contributed by atoms with Crippen molar-refractivity contribution in [3.8, 4) is 0 Å². The predicted octanol–water partition coefficient (Wildman–Crippen LogP) is 3.23. The number of rotatable bonds is 4. The molecule has 1 saturated heterocycles. The molecule has 4 nitrogen and oxygen atoms in total. The molecule has 2 aromatic carbocycles. The van der Waals surface area contributed by atoms with Crippen LogP contribution in [0.2, 0.25) is 0 Å². The van der Waals surface area contributed by atoms with Crippen LogP contribution in [-0.4, -0.2) is 37.0 Å². The summed E-state index contributed by atoms with van der Waals surface area (Å²) in [7, 11) is 1.43. The number of benzene rings is 2. The van der Waals surface area contributed by atoms with Crippen LogP contribution in [0.3, 0.4) is 0 Å². The lowest BCUT2D eigenvalue weighted by atomic mass is 9.90. The first-order chi connectivity index (χ1) is 12.6. The molecule has 1 spiro atoms. The van der Waals surface area contributed by atoms with Crippen LogP contribution in [0.15, 0.2) is 60.7 Å². The fourth-order valence-electron chi connectivity index (χ4n) is 4.22. The van der Waals surface area contributed by atoms with Crippen LogP contribution in [0, 0.1) is 11.3 Å². The maximum atomic E-state index is 13.5. The van der Waals surface area contributed by atoms with Crippen molar-refractivity contribution in [1.29, 1.82) is 0 Å². The molecule has 26 heavy (non-hydrogen) atoms. The summed E-state index contributed by atoms with van der Waals surface area (Å²) in [6, 6.07) is 19.7. The average Bonchev–Trinajstić information content (AvgIpc) is 3.35. The highest BCUT2D eigenvalue weighted by atomic mass is 16.5. The largest absolute Gasteiger partial charge is 0.469 e. The summed E-state index contributed by atoms with van der Waals surface area (Å²) in [5.41, 5.74) is 1.91. The summed E-state index contributed by atoms with van der Waals surface area (Å²) in [6.07, 6.45) is 2.00. The number of hydrogen-bond acceptors (Lipinski definition) is 3. The van der Waals surface area contributed by atoms with Crippen LogP contribution in [-0.2, 0) is 14.3 Å². The second-order valence-electron chi connectivity index (χ2n) is 7.41. The van der Waals surface area contributed by atoms with E-state index >= 15 is 0 Å². The Labute approximate surface area is 153 Å². The van der Waals surface area contributed by atoms with Gasteiger partial charge in [0, 0.05) is 18.5 Å². The van der Waals surface area contributed by atoms with Gasteiger partial charge in [0.1, 0.15) is 0 Å². The molecule has 0 N–H and O–H groups in total. The first-order valence-corrected chi connectivity index (χ1v) is 9.11. The zero-order valence-corrected chi connectivity index (χ0v) is 14.9. The van der Waals surface area contributed by atoms with E-state index in [4.69, 9.17) is 4.74 Å². The summed E-state index contributed by atoms with van der Waals surface area (Å²) in [5, 5.41) is 0. The first-order valence-electron chi connectivity index (χ1n) is 9.11. The Morgan fingerprint density at radius 3 is 2.00 bits per heavy atom. The predicted molar refractivity (Wildman–Crippen MR) is 98.5 cm³/mol. The fraction of sp³-hybridized carbons (Fsp3) is 0.364. The van der Waals surface area contributed by atoms with Gasteiger partial charge in [-0.2, -0.15) is 0 Å². The van der Waals surface area contributed by atoms with Crippen LogP contribution in [0.25, 0.3) is 0 Å². The Morgan fingerprint density at radius 2 is 1.54 bits per heavy atom. The van der Waals surface area contributed by atoms with E-state index in [1.807, 2.05) is 65.6 Å². The Morgan fingerprint density at radius 1 is 1.00 bits per heavy atom. The van der Waals surface area contributed by atoms with Crippen LogP contribution in [0.1, 0.15) is 29.9 Å². The van der Waals surface area contributed by atoms with Gasteiger partial charge in [-0.05, 0) is 24.0 Å². The number of amides is 1. The van der Waals surface area contributed by atoms with E-state index in [1.54, 1.807) is 0 Å². The van der Waals surface area contributed by atoms with Crippen LogP contribution >= 0.6 is 0 Å². The highest BCUT2D eigenvalue weighted by Gasteiger charge is 2.59. The van der Waals surface area contributed by atoms with Crippen LogP contribution in [0.4, 0.5) is 0 Å². The molecule has 1 aliphatic carbocycles. The SMILES string of the molecule is COC(=O)[C@@H]1CN(C(=O)C(c2ccccc2)c2ccccc2)CC12CC2. The van der Waals surface area contributed by atoms with E-state index in [2.05, 4.69) is 0 Å². The summed E-state index contributed by atoms with van der Waals surface area (Å²) < 4.78 is 4.99. The van der Waals surface area contributed by atoms with Gasteiger partial charge in [-0.3, -0.25) is 9.59 Å². The second kappa shape index (κ2) is 6.60. The smallest absolute Gasteiger partial charge is 0.311 e. The molecule has 1 atom stereocenters. The van der Waals surface area contributed by atoms with E-state index in [0.29, 0.717) is 13.1 Å². The van der Waals surface area contributed by atoms with Crippen LogP contribution < -0.4 is 0 Å². The normalized spacial score (nSPS) is 20.4. The molecule has 0 aromatic heterocycles. The monoisotopic (exact) mass is 349 g/mol. The molecule has 0 unspecified atom stereocenters. The third-order valence-corrected chi connectivity index (χ3v) is 5.85. The molecule has 1 aliphatic heterocycles. The minimum absolute atomic E-state index is 0.0549. The fourth-order valence-corrected chi connectivity index (χ4v) is 4.22. The van der Waals surface area contributed by atoms with Crippen molar-refractivity contribution < 1.29 is 14.3 Å². The highest BCUT2D eigenvalue weighted by Crippen LogP contribution is 2.57. The molecule has 1 amide bonds. The molecule has 0 radical (unpaired) electrons. The van der Waals surface area contributed by atoms with E-state index in [-0.39, 0.29) is 29.1 Å². The van der Waals surface area contributed by atoms with E-state index < -0.39 is 0 Å². The molecule has 2 fully saturated rings. The van der Waals surface area contributed by atoms with Gasteiger partial charge in [0.05, 0.1) is 18.9 Å². The highest BCUT2D eigenvalue weighted by molar-refractivity contribution is 5.88. The number of nitrogens with zero attached hydrogens (tertiary/aromatic N) is 1. The molecular formula is C22H23NO3. The van der Waals surface area contributed by atoms with Crippen molar-refractivity contribution in [2.45, 2.75) is 18.8 Å². The number of ether oxygens (including phenoxy) is 1. The average molecular weight is 349 g/mol. The Kier molecular flexibility index (Phi) is 4.27. The standard InChI is InChI=1S/C22H23NO3/c1-26-21(25)18-14-23(15-22(18)12-13-22)20(24)19(16-8-4-2-5-9-16)17-10-6-3-7-11-17/h2-11,18-19H,12-15H2,1H3/t18-/m0/s1. The minimum atomic E-state index is -0.343. The lowest BCUT2D eigenvalue weighted by molar-refractivity contribution is -0.146. The quantitative estimate of drug-likeness (QED) is 0.796. The van der Waals surface area contributed by atoms with Gasteiger partial charge >= 0.3 is 5.97 Å². The molecule has 1 saturated carbocycles. The Hall–Kier alpha value is -2.62. The first kappa shape index (κ1) is 16.8. The summed E-state index contributed by atoms with van der Waals surface area (Å²) in [5.74, 6) is -0.651. The molecule has 1 heterocycles. The zero-order valence-electron chi connectivity index (χ0n) is 14.9. The van der Waals surface area contributed by atoms with Gasteiger partial charge < -0.3 is 9.64 Å². The van der Waals surface area contributed by atoms with E-state index in [9.17, 15) is 9.59 Å². The lowest BCUT2D eigenvalue weighted by Crippen LogP contribution is -2.34. The lowest BCUT2D eigenvalue weighted by Gasteiger charge is -2.24. The van der Waals surface area contributed by atoms with Crippen LogP contribution in [0.5, 0.6) is 0 Å². The maximum absolute atomic E-state index is 13.5. The number of hydrogen-bond donors (Lipinski definition) is 0. The number of methoxy groups -OCH3 is 1. The number of carbonyl (C=O) groups excluding carboxylic acids is 2. The summed E-state index contributed by atoms with van der Waals surface area (Å²) >= 11 is 0. The van der Waals surface area contributed by atoms with Crippen molar-refractivity contribution in [1.82, 2.24) is 4.90 Å². The third-order valence-electron chi connectivity index (χ3n) is 5.85. The van der Waals surface area contributed by atoms with Gasteiger partial charge in [-0.15, -0.1) is 0 Å². The molecule has 4 heteroatoms. The van der Waals surface area contributed by atoms with Gasteiger partial charge in [-0.25, -0.2) is 0 Å². The van der Waals surface area contributed by atoms with Crippen molar-refractivity contribution in [2.24, 2.45) is 11.3 Å². The van der Waals surface area contributed by atoms with E-state index in [1.165, 1.54) is 7.11 Å². The third kappa shape index (κ3) is 2.90. The Bertz CT molecular complexity index is 759. The van der Waals surface area contributed by atoms with Gasteiger partial charge in [0.2, 0.25) is 5.91 Å². The number of esters is 1. The van der Waals surface area contributed by atoms with Crippen molar-refractivity contribution >= 4 is 11.9 Å². The zero-order chi connectivity index (χ0) is 18.1. The summed E-state index contributed by atoms with van der Waals surface area (Å²) in [4.78, 5) is 27.6. The molecule has 134 valence electrons. The maximum Gasteiger partial charge on any atom is 0.311 e. The number of carbonyl (C=O) groups is 2. The molecule has 2 aromatic rings. The summed E-state index contributed by atoms with van der Waals surface area (Å²) in [6.45, 7) is 1.11. The Balaban J connectivity index is 1.65. The van der Waals surface area contributed by atoms with Crippen molar-refractivity contribution in [2.75, 3.05) is 20.2 Å².